The van der Waals surface area contributed by atoms with Crippen molar-refractivity contribution in [2.24, 2.45) is 4.99 Å². The highest BCUT2D eigenvalue weighted by atomic mass is 32.1. The Morgan fingerprint density at radius 3 is 2.81 bits per heavy atom. The normalized spacial score (nSPS) is 12.1. The topological polar surface area (TPSA) is 60.7 Å². The van der Waals surface area contributed by atoms with Gasteiger partial charge in [-0.2, -0.15) is 4.99 Å². The van der Waals surface area contributed by atoms with Crippen LogP contribution >= 0.6 is 22.7 Å². The minimum absolute atomic E-state index is 0.0278. The summed E-state index contributed by atoms with van der Waals surface area (Å²) in [6.07, 6.45) is 4.11. The summed E-state index contributed by atoms with van der Waals surface area (Å²) in [5, 5.41) is 1.95. The monoisotopic (exact) mass is 400 g/mol. The third-order valence-corrected chi connectivity index (χ3v) is 5.77. The second-order valence-electron chi connectivity index (χ2n) is 5.73. The molecule has 0 bridgehead atoms. The molecule has 0 N–H and O–H groups in total. The number of rotatable bonds is 6. The number of aromatic nitrogens is 1. The fourth-order valence-electron chi connectivity index (χ4n) is 2.58. The highest BCUT2D eigenvalue weighted by Crippen LogP contribution is 2.20. The van der Waals surface area contributed by atoms with Gasteiger partial charge in [0.2, 0.25) is 0 Å². The van der Waals surface area contributed by atoms with Crippen molar-refractivity contribution in [3.05, 3.63) is 57.0 Å². The lowest BCUT2D eigenvalue weighted by atomic mass is 10.2. The van der Waals surface area contributed by atoms with Crippen molar-refractivity contribution >= 4 is 50.8 Å². The zero-order valence-electron chi connectivity index (χ0n) is 15.2. The van der Waals surface area contributed by atoms with Crippen LogP contribution in [0.4, 0.5) is 0 Å². The third-order valence-electron chi connectivity index (χ3n) is 3.89. The van der Waals surface area contributed by atoms with Crippen LogP contribution in [0.1, 0.15) is 24.3 Å². The van der Waals surface area contributed by atoms with Gasteiger partial charge in [-0.3, -0.25) is 9.59 Å². The van der Waals surface area contributed by atoms with Gasteiger partial charge in [-0.25, -0.2) is 0 Å². The fourth-order valence-corrected chi connectivity index (χ4v) is 4.30. The number of carbonyl (C=O) groups excluding carboxylic acids is 2. The lowest BCUT2D eigenvalue weighted by molar-refractivity contribution is -0.143. The Hall–Kier alpha value is -2.51. The number of esters is 1. The number of thiazole rings is 1. The smallest absolute Gasteiger partial charge is 0.326 e. The predicted molar refractivity (Wildman–Crippen MR) is 110 cm³/mol. The van der Waals surface area contributed by atoms with Crippen molar-refractivity contribution in [1.29, 1.82) is 0 Å². The van der Waals surface area contributed by atoms with E-state index in [2.05, 4.69) is 18.0 Å². The van der Waals surface area contributed by atoms with Gasteiger partial charge in [0.05, 0.1) is 16.8 Å². The summed E-state index contributed by atoms with van der Waals surface area (Å²) in [6.45, 7) is 4.20. The molecule has 0 spiro atoms. The number of hydrogen-bond acceptors (Lipinski definition) is 5. The van der Waals surface area contributed by atoms with E-state index in [4.69, 9.17) is 4.74 Å². The Morgan fingerprint density at radius 2 is 2.11 bits per heavy atom. The van der Waals surface area contributed by atoms with Gasteiger partial charge in [-0.15, -0.1) is 11.3 Å². The van der Waals surface area contributed by atoms with Gasteiger partial charge < -0.3 is 9.30 Å². The molecule has 140 valence electrons. The van der Waals surface area contributed by atoms with Crippen molar-refractivity contribution in [3.8, 4) is 0 Å². The molecule has 3 rings (SSSR count). The maximum absolute atomic E-state index is 12.3. The molecule has 0 aliphatic heterocycles. The zero-order valence-corrected chi connectivity index (χ0v) is 16.8. The minimum atomic E-state index is -0.358. The highest BCUT2D eigenvalue weighted by Gasteiger charge is 2.12. The van der Waals surface area contributed by atoms with E-state index in [1.165, 1.54) is 23.0 Å². The summed E-state index contributed by atoms with van der Waals surface area (Å²) >= 11 is 2.95. The summed E-state index contributed by atoms with van der Waals surface area (Å²) in [6, 6.07) is 9.93. The SMILES string of the molecule is CCOC(=O)Cn1c(=NC(=O)/C=C/c2cccs2)sc2cc(CC)ccc21. The van der Waals surface area contributed by atoms with Crippen LogP contribution < -0.4 is 4.80 Å². The average Bonchev–Trinajstić information content (AvgIpc) is 3.28. The number of hydrogen-bond donors (Lipinski definition) is 0. The number of fused-ring (bicyclic) bond motifs is 1. The van der Waals surface area contributed by atoms with E-state index in [1.807, 2.05) is 29.6 Å². The molecule has 7 heteroatoms. The maximum Gasteiger partial charge on any atom is 0.326 e. The van der Waals surface area contributed by atoms with E-state index < -0.39 is 0 Å². The molecule has 0 fully saturated rings. The van der Waals surface area contributed by atoms with E-state index >= 15 is 0 Å². The molecule has 1 amide bonds. The number of ether oxygens (including phenoxy) is 1. The molecule has 0 saturated heterocycles. The molecule has 5 nitrogen and oxygen atoms in total. The van der Waals surface area contributed by atoms with E-state index in [1.54, 1.807) is 28.9 Å². The van der Waals surface area contributed by atoms with Gasteiger partial charge in [0.25, 0.3) is 5.91 Å². The Morgan fingerprint density at radius 1 is 1.26 bits per heavy atom. The summed E-state index contributed by atoms with van der Waals surface area (Å²) in [5.74, 6) is -0.705. The van der Waals surface area contributed by atoms with Crippen molar-refractivity contribution in [3.63, 3.8) is 0 Å². The summed E-state index contributed by atoms with van der Waals surface area (Å²) < 4.78 is 7.81. The number of thiophene rings is 1. The first-order chi connectivity index (χ1) is 13.1. The average molecular weight is 401 g/mol. The van der Waals surface area contributed by atoms with Crippen molar-refractivity contribution in [2.45, 2.75) is 26.8 Å². The van der Waals surface area contributed by atoms with Gasteiger partial charge in [0.1, 0.15) is 6.54 Å². The van der Waals surface area contributed by atoms with Gasteiger partial charge >= 0.3 is 5.97 Å². The molecule has 2 heterocycles. The second kappa shape index (κ2) is 8.92. The van der Waals surface area contributed by atoms with Crippen LogP contribution in [-0.2, 0) is 27.3 Å². The number of amides is 1. The third kappa shape index (κ3) is 4.81. The molecule has 3 aromatic rings. The molecule has 1 aromatic carbocycles. The molecule has 0 radical (unpaired) electrons. The Kier molecular flexibility index (Phi) is 6.36. The molecule has 0 atom stereocenters. The zero-order chi connectivity index (χ0) is 19.2. The maximum atomic E-state index is 12.3. The molecule has 2 aromatic heterocycles. The van der Waals surface area contributed by atoms with E-state index in [-0.39, 0.29) is 18.4 Å². The molecule has 27 heavy (non-hydrogen) atoms. The van der Waals surface area contributed by atoms with Gasteiger partial charge in [0, 0.05) is 11.0 Å². The van der Waals surface area contributed by atoms with E-state index in [0.717, 1.165) is 21.5 Å². The lowest BCUT2D eigenvalue weighted by Gasteiger charge is -2.05. The summed E-state index contributed by atoms with van der Waals surface area (Å²) in [7, 11) is 0. The van der Waals surface area contributed by atoms with Crippen molar-refractivity contribution in [2.75, 3.05) is 6.61 Å². The standard InChI is InChI=1S/C20H20N2O3S2/c1-3-14-7-9-16-17(12-14)27-20(22(16)13-19(24)25-4-2)21-18(23)10-8-15-6-5-11-26-15/h5-12H,3-4,13H2,1-2H3/b10-8+,21-20?. The van der Waals surface area contributed by atoms with Crippen LogP contribution in [0.2, 0.25) is 0 Å². The molecule has 0 aliphatic carbocycles. The molecule has 0 saturated carbocycles. The molecule has 0 unspecified atom stereocenters. The van der Waals surface area contributed by atoms with Crippen LogP contribution in [-0.4, -0.2) is 23.1 Å². The van der Waals surface area contributed by atoms with Crippen LogP contribution in [0.3, 0.4) is 0 Å². The summed E-state index contributed by atoms with van der Waals surface area (Å²) in [4.78, 5) is 30.0. The number of carbonyl (C=O) groups is 2. The molecular formula is C20H20N2O3S2. The Balaban J connectivity index is 2.00. The first-order valence-corrected chi connectivity index (χ1v) is 10.4. The van der Waals surface area contributed by atoms with Crippen LogP contribution in [0.15, 0.2) is 46.8 Å². The highest BCUT2D eigenvalue weighted by molar-refractivity contribution is 7.16. The predicted octanol–water partition coefficient (Wildman–Crippen LogP) is 4.03. The summed E-state index contributed by atoms with van der Waals surface area (Å²) in [5.41, 5.74) is 2.07. The first-order valence-electron chi connectivity index (χ1n) is 8.69. The fraction of sp³-hybridized carbons (Fsp3) is 0.250. The van der Waals surface area contributed by atoms with Gasteiger partial charge in [0.15, 0.2) is 4.80 Å². The Bertz CT molecular complexity index is 1040. The van der Waals surface area contributed by atoms with Gasteiger partial charge in [-0.1, -0.05) is 30.4 Å². The quantitative estimate of drug-likeness (QED) is 0.464. The van der Waals surface area contributed by atoms with Gasteiger partial charge in [-0.05, 0) is 48.6 Å². The number of aryl methyl sites for hydroxylation is 1. The molecule has 0 aliphatic rings. The second-order valence-corrected chi connectivity index (χ2v) is 7.72. The Labute approximate surface area is 165 Å². The van der Waals surface area contributed by atoms with E-state index in [9.17, 15) is 9.59 Å². The van der Waals surface area contributed by atoms with Crippen LogP contribution in [0.5, 0.6) is 0 Å². The van der Waals surface area contributed by atoms with Crippen molar-refractivity contribution < 1.29 is 14.3 Å². The van der Waals surface area contributed by atoms with Crippen molar-refractivity contribution in [1.82, 2.24) is 4.57 Å². The van der Waals surface area contributed by atoms with Crippen LogP contribution in [0.25, 0.3) is 16.3 Å². The molecular weight excluding hydrogens is 380 g/mol. The van der Waals surface area contributed by atoms with Crippen LogP contribution in [0, 0.1) is 0 Å². The largest absolute Gasteiger partial charge is 0.465 e. The minimum Gasteiger partial charge on any atom is -0.465 e. The number of nitrogens with zero attached hydrogens (tertiary/aromatic N) is 2. The first kappa shape index (κ1) is 19.3. The lowest BCUT2D eigenvalue weighted by Crippen LogP contribution is -2.22. The van der Waals surface area contributed by atoms with E-state index in [0.29, 0.717) is 11.4 Å². The number of benzene rings is 1.